The number of carbonyl (C=O) groups excluding carboxylic acids is 1. The van der Waals surface area contributed by atoms with Crippen molar-refractivity contribution in [2.45, 2.75) is 70.8 Å². The lowest BCUT2D eigenvalue weighted by Gasteiger charge is -2.45. The number of ether oxygens (including phenoxy) is 4. The summed E-state index contributed by atoms with van der Waals surface area (Å²) in [5, 5.41) is 10.2. The SMILES string of the molecule is CCS[C@@H]1OC(CO)[C@H](OCc2ccccc2)[C@@H](OCc2ccccc2)C1OC(=O)C(C)(C)C. The van der Waals surface area contributed by atoms with Gasteiger partial charge in [0.1, 0.15) is 23.7 Å². The van der Waals surface area contributed by atoms with E-state index in [0.29, 0.717) is 13.2 Å². The van der Waals surface area contributed by atoms with E-state index in [9.17, 15) is 9.90 Å². The van der Waals surface area contributed by atoms with Crippen LogP contribution in [0.2, 0.25) is 0 Å². The van der Waals surface area contributed by atoms with Gasteiger partial charge in [-0.05, 0) is 37.7 Å². The third-order valence-electron chi connectivity index (χ3n) is 5.53. The van der Waals surface area contributed by atoms with Gasteiger partial charge in [-0.3, -0.25) is 4.79 Å². The zero-order valence-electron chi connectivity index (χ0n) is 20.4. The van der Waals surface area contributed by atoms with Gasteiger partial charge >= 0.3 is 5.97 Å². The van der Waals surface area contributed by atoms with E-state index in [1.54, 1.807) is 0 Å². The van der Waals surface area contributed by atoms with Crippen molar-refractivity contribution in [2.24, 2.45) is 5.41 Å². The normalized spacial score (nSPS) is 25.1. The molecule has 2 aromatic carbocycles. The van der Waals surface area contributed by atoms with E-state index in [1.807, 2.05) is 88.4 Å². The zero-order valence-corrected chi connectivity index (χ0v) is 21.2. The molecule has 2 unspecified atom stereocenters. The van der Waals surface area contributed by atoms with E-state index < -0.39 is 35.3 Å². The van der Waals surface area contributed by atoms with E-state index in [2.05, 4.69) is 0 Å². The lowest BCUT2D eigenvalue weighted by Crippen LogP contribution is -2.61. The Balaban J connectivity index is 1.90. The van der Waals surface area contributed by atoms with Gasteiger partial charge in [-0.2, -0.15) is 0 Å². The molecule has 1 saturated heterocycles. The molecule has 1 heterocycles. The Labute approximate surface area is 206 Å². The molecule has 34 heavy (non-hydrogen) atoms. The quantitative estimate of drug-likeness (QED) is 0.491. The van der Waals surface area contributed by atoms with Gasteiger partial charge in [-0.15, -0.1) is 11.8 Å². The van der Waals surface area contributed by atoms with Gasteiger partial charge in [-0.1, -0.05) is 67.6 Å². The average Bonchev–Trinajstić information content (AvgIpc) is 2.83. The average molecular weight is 489 g/mol. The predicted molar refractivity (Wildman–Crippen MR) is 133 cm³/mol. The molecule has 1 fully saturated rings. The van der Waals surface area contributed by atoms with Crippen LogP contribution in [0, 0.1) is 5.41 Å². The molecule has 5 atom stereocenters. The van der Waals surface area contributed by atoms with Crippen LogP contribution in [0.15, 0.2) is 60.7 Å². The Bertz CT molecular complexity index is 870. The number of thioether (sulfide) groups is 1. The van der Waals surface area contributed by atoms with Gasteiger partial charge < -0.3 is 24.1 Å². The summed E-state index contributed by atoms with van der Waals surface area (Å²) < 4.78 is 24.9. The van der Waals surface area contributed by atoms with Crippen LogP contribution in [0.5, 0.6) is 0 Å². The third-order valence-corrected chi connectivity index (χ3v) is 6.57. The summed E-state index contributed by atoms with van der Waals surface area (Å²) in [6.45, 7) is 7.89. The van der Waals surface area contributed by atoms with Crippen LogP contribution in [0.4, 0.5) is 0 Å². The summed E-state index contributed by atoms with van der Waals surface area (Å²) in [6, 6.07) is 19.6. The zero-order chi connectivity index (χ0) is 24.6. The number of rotatable bonds is 10. The fraction of sp³-hybridized carbons (Fsp3) is 0.519. The fourth-order valence-corrected chi connectivity index (χ4v) is 4.62. The van der Waals surface area contributed by atoms with Crippen LogP contribution in [0.1, 0.15) is 38.8 Å². The minimum atomic E-state index is -0.691. The number of carbonyl (C=O) groups is 1. The van der Waals surface area contributed by atoms with Gasteiger partial charge in [0.05, 0.1) is 25.2 Å². The second-order valence-corrected chi connectivity index (χ2v) is 10.7. The van der Waals surface area contributed by atoms with E-state index in [1.165, 1.54) is 11.8 Å². The molecule has 1 N–H and O–H groups in total. The highest BCUT2D eigenvalue weighted by atomic mass is 32.2. The molecular weight excluding hydrogens is 452 g/mol. The van der Waals surface area contributed by atoms with Gasteiger partial charge in [-0.25, -0.2) is 0 Å². The van der Waals surface area contributed by atoms with Gasteiger partial charge in [0, 0.05) is 0 Å². The summed E-state index contributed by atoms with van der Waals surface area (Å²) in [7, 11) is 0. The van der Waals surface area contributed by atoms with Crippen LogP contribution in [-0.4, -0.2) is 53.3 Å². The predicted octanol–water partition coefficient (Wildman–Crippen LogP) is 4.59. The first-order chi connectivity index (χ1) is 16.3. The summed E-state index contributed by atoms with van der Waals surface area (Å²) in [5.74, 6) is 0.424. The number of esters is 1. The molecule has 3 rings (SSSR count). The van der Waals surface area contributed by atoms with Crippen LogP contribution < -0.4 is 0 Å². The van der Waals surface area contributed by atoms with Crippen molar-refractivity contribution < 1.29 is 28.8 Å². The monoisotopic (exact) mass is 488 g/mol. The van der Waals surface area contributed by atoms with Gasteiger partial charge in [0.2, 0.25) is 0 Å². The Morgan fingerprint density at radius 1 is 0.912 bits per heavy atom. The minimum Gasteiger partial charge on any atom is -0.455 e. The van der Waals surface area contributed by atoms with Crippen LogP contribution in [0.25, 0.3) is 0 Å². The number of benzene rings is 2. The maximum Gasteiger partial charge on any atom is 0.311 e. The van der Waals surface area contributed by atoms with E-state index in [4.69, 9.17) is 18.9 Å². The molecule has 7 heteroatoms. The van der Waals surface area contributed by atoms with Crippen LogP contribution >= 0.6 is 11.8 Å². The maximum absolute atomic E-state index is 12.9. The molecule has 1 aliphatic heterocycles. The fourth-order valence-electron chi connectivity index (χ4n) is 3.67. The highest BCUT2D eigenvalue weighted by Crippen LogP contribution is 2.35. The largest absolute Gasteiger partial charge is 0.455 e. The molecular formula is C27H36O6S. The first-order valence-electron chi connectivity index (χ1n) is 11.7. The van der Waals surface area contributed by atoms with Crippen molar-refractivity contribution in [1.82, 2.24) is 0 Å². The Morgan fingerprint density at radius 3 is 1.91 bits per heavy atom. The molecule has 0 amide bonds. The van der Waals surface area contributed by atoms with Gasteiger partial charge in [0.15, 0.2) is 6.10 Å². The van der Waals surface area contributed by atoms with Crippen molar-refractivity contribution in [3.63, 3.8) is 0 Å². The molecule has 0 bridgehead atoms. The molecule has 0 radical (unpaired) electrons. The first kappa shape index (κ1) is 26.7. The molecule has 0 aromatic heterocycles. The minimum absolute atomic E-state index is 0.231. The summed E-state index contributed by atoms with van der Waals surface area (Å²) in [4.78, 5) is 12.9. The molecule has 1 aliphatic rings. The second kappa shape index (κ2) is 12.7. The highest BCUT2D eigenvalue weighted by Gasteiger charge is 2.50. The van der Waals surface area contributed by atoms with E-state index in [0.717, 1.165) is 16.9 Å². The lowest BCUT2D eigenvalue weighted by atomic mass is 9.95. The Morgan fingerprint density at radius 2 is 1.44 bits per heavy atom. The molecule has 0 saturated carbocycles. The van der Waals surface area contributed by atoms with Crippen molar-refractivity contribution in [1.29, 1.82) is 0 Å². The standard InChI is InChI=1S/C27H36O6S/c1-5-34-25-24(33-26(29)27(2,3)4)23(31-18-20-14-10-7-11-15-20)22(21(16-28)32-25)30-17-19-12-8-6-9-13-19/h6-15,21-25,28H,5,16-18H2,1-4H3/t21?,22-,23+,24?,25-/m0/s1. The summed E-state index contributed by atoms with van der Waals surface area (Å²) in [6.07, 6.45) is -2.55. The molecule has 0 aliphatic carbocycles. The molecule has 0 spiro atoms. The highest BCUT2D eigenvalue weighted by molar-refractivity contribution is 7.99. The lowest BCUT2D eigenvalue weighted by molar-refractivity contribution is -0.249. The number of aliphatic hydroxyl groups is 1. The smallest absolute Gasteiger partial charge is 0.311 e. The Hall–Kier alpha value is -1.90. The summed E-state index contributed by atoms with van der Waals surface area (Å²) >= 11 is 1.53. The number of hydrogen-bond donors (Lipinski definition) is 1. The van der Waals surface area contributed by atoms with Crippen molar-refractivity contribution >= 4 is 17.7 Å². The Kier molecular flexibility index (Phi) is 9.97. The van der Waals surface area contributed by atoms with Crippen molar-refractivity contribution in [3.05, 3.63) is 71.8 Å². The number of hydrogen-bond acceptors (Lipinski definition) is 7. The van der Waals surface area contributed by atoms with Crippen molar-refractivity contribution in [3.8, 4) is 0 Å². The van der Waals surface area contributed by atoms with Crippen molar-refractivity contribution in [2.75, 3.05) is 12.4 Å². The number of aliphatic hydroxyl groups excluding tert-OH is 1. The second-order valence-electron chi connectivity index (χ2n) is 9.32. The third kappa shape index (κ3) is 7.30. The first-order valence-corrected chi connectivity index (χ1v) is 12.8. The molecule has 2 aromatic rings. The van der Waals surface area contributed by atoms with Crippen LogP contribution in [-0.2, 0) is 37.0 Å². The maximum atomic E-state index is 12.9. The van der Waals surface area contributed by atoms with E-state index in [-0.39, 0.29) is 12.6 Å². The van der Waals surface area contributed by atoms with Gasteiger partial charge in [0.25, 0.3) is 0 Å². The summed E-state index contributed by atoms with van der Waals surface area (Å²) in [5.41, 5.74) is 0.830. The van der Waals surface area contributed by atoms with Crippen LogP contribution in [0.3, 0.4) is 0 Å². The topological polar surface area (TPSA) is 74.2 Å². The van der Waals surface area contributed by atoms with E-state index >= 15 is 0 Å². The molecule has 6 nitrogen and oxygen atoms in total. The molecule has 186 valence electrons.